The molecule has 0 aliphatic heterocycles. The molecule has 0 fully saturated rings. The van der Waals surface area contributed by atoms with E-state index in [0.29, 0.717) is 0 Å². The van der Waals surface area contributed by atoms with Gasteiger partial charge < -0.3 is 20.1 Å². The van der Waals surface area contributed by atoms with Gasteiger partial charge in [0, 0.05) is 11.4 Å². The van der Waals surface area contributed by atoms with Crippen molar-refractivity contribution in [3.8, 4) is 0 Å². The Morgan fingerprint density at radius 3 is 1.00 bits per heavy atom. The van der Waals surface area contributed by atoms with Crippen molar-refractivity contribution in [2.45, 2.75) is 41.5 Å². The fourth-order valence-corrected chi connectivity index (χ4v) is 4.09. The first kappa shape index (κ1) is 22.4. The molecule has 0 radical (unpaired) electrons. The van der Waals surface area contributed by atoms with Crippen molar-refractivity contribution < 1.29 is 0 Å². The van der Waals surface area contributed by atoms with Gasteiger partial charge in [-0.3, -0.25) is 0 Å². The standard InChI is InChI=1S/C22H36B2N4/c1-15-11-17(3)21(18(4)12-15)25-23(27(7)8)24(28(9)10)26-22-19(5)13-16(2)14-20(22)6/h11-14,25-26H,1-10H3. The molecule has 0 atom stereocenters. The molecule has 0 aromatic heterocycles. The van der Waals surface area contributed by atoms with Crippen LogP contribution >= 0.6 is 0 Å². The zero-order valence-electron chi connectivity index (χ0n) is 19.4. The highest BCUT2D eigenvalue weighted by Gasteiger charge is 2.37. The van der Waals surface area contributed by atoms with Gasteiger partial charge in [-0.2, -0.15) is 0 Å². The molecule has 0 saturated carbocycles. The first-order valence-corrected chi connectivity index (χ1v) is 10.0. The van der Waals surface area contributed by atoms with E-state index in [1.807, 2.05) is 0 Å². The smallest absolute Gasteiger partial charge is 0.348 e. The summed E-state index contributed by atoms with van der Waals surface area (Å²) >= 11 is 0. The average molecular weight is 378 g/mol. The average Bonchev–Trinajstić information content (AvgIpc) is 2.53. The molecule has 2 aromatic carbocycles. The van der Waals surface area contributed by atoms with Crippen LogP contribution in [0.4, 0.5) is 11.4 Å². The maximum Gasteiger partial charge on any atom is 0.348 e. The molecule has 0 bridgehead atoms. The van der Waals surface area contributed by atoms with Crippen LogP contribution in [0.25, 0.3) is 0 Å². The van der Waals surface area contributed by atoms with Crippen LogP contribution < -0.4 is 10.5 Å². The predicted molar refractivity (Wildman–Crippen MR) is 127 cm³/mol. The molecule has 2 N–H and O–H groups in total. The lowest BCUT2D eigenvalue weighted by Crippen LogP contribution is -2.63. The summed E-state index contributed by atoms with van der Waals surface area (Å²) in [5.74, 6) is 0. The molecule has 2 rings (SSSR count). The van der Waals surface area contributed by atoms with Crippen molar-refractivity contribution >= 4 is 25.1 Å². The molecule has 0 amide bonds. The third-order valence-electron chi connectivity index (χ3n) is 5.35. The summed E-state index contributed by atoms with van der Waals surface area (Å²) in [7, 11) is 8.51. The second-order valence-electron chi connectivity index (χ2n) is 8.65. The normalized spacial score (nSPS) is 11.1. The molecular formula is C22H36B2N4. The minimum absolute atomic E-state index is 0.0928. The molecule has 0 heterocycles. The Labute approximate surface area is 172 Å². The fourth-order valence-electron chi connectivity index (χ4n) is 4.09. The van der Waals surface area contributed by atoms with Gasteiger partial charge in [0.05, 0.1) is 0 Å². The highest BCUT2D eigenvalue weighted by molar-refractivity contribution is 7.22. The third kappa shape index (κ3) is 5.12. The number of benzene rings is 2. The van der Waals surface area contributed by atoms with Crippen LogP contribution in [-0.2, 0) is 0 Å². The Bertz CT molecular complexity index is 718. The van der Waals surface area contributed by atoms with E-state index in [4.69, 9.17) is 0 Å². The second kappa shape index (κ2) is 9.06. The Kier molecular flexibility index (Phi) is 7.24. The van der Waals surface area contributed by atoms with Crippen LogP contribution in [0.1, 0.15) is 33.4 Å². The van der Waals surface area contributed by atoms with Gasteiger partial charge in [0.15, 0.2) is 0 Å². The number of rotatable bonds is 7. The zero-order chi connectivity index (χ0) is 21.2. The largest absolute Gasteiger partial charge is 0.417 e. The van der Waals surface area contributed by atoms with Crippen LogP contribution in [0.3, 0.4) is 0 Å². The summed E-state index contributed by atoms with van der Waals surface area (Å²) in [6.45, 7) is 13.2. The molecular weight excluding hydrogens is 342 g/mol. The maximum absolute atomic E-state index is 3.82. The summed E-state index contributed by atoms with van der Waals surface area (Å²) in [6, 6.07) is 8.98. The molecule has 150 valence electrons. The van der Waals surface area contributed by atoms with E-state index >= 15 is 0 Å². The van der Waals surface area contributed by atoms with Crippen molar-refractivity contribution in [1.82, 2.24) is 9.62 Å². The quantitative estimate of drug-likeness (QED) is 0.706. The molecule has 0 aliphatic carbocycles. The molecule has 0 unspecified atom stereocenters. The number of nitrogens with one attached hydrogen (secondary N) is 2. The van der Waals surface area contributed by atoms with E-state index in [1.54, 1.807) is 0 Å². The molecule has 28 heavy (non-hydrogen) atoms. The SMILES string of the molecule is Cc1cc(C)c(NB(B(Nc2c(C)cc(C)cc2C)N(C)C)N(C)C)c(C)c1. The molecule has 2 aromatic rings. The summed E-state index contributed by atoms with van der Waals surface area (Å²) < 4.78 is 0. The van der Waals surface area contributed by atoms with Crippen LogP contribution in [0.15, 0.2) is 24.3 Å². The first-order chi connectivity index (χ1) is 13.0. The third-order valence-corrected chi connectivity index (χ3v) is 5.35. The summed E-state index contributed by atoms with van der Waals surface area (Å²) in [5.41, 5.74) is 10.2. The van der Waals surface area contributed by atoms with Crippen molar-refractivity contribution in [3.05, 3.63) is 57.6 Å². The lowest BCUT2D eigenvalue weighted by atomic mass is 9.32. The monoisotopic (exact) mass is 378 g/mol. The van der Waals surface area contributed by atoms with Gasteiger partial charge in [-0.05, 0) is 92.0 Å². The van der Waals surface area contributed by atoms with Gasteiger partial charge in [0.25, 0.3) is 0 Å². The number of hydrogen-bond donors (Lipinski definition) is 2. The van der Waals surface area contributed by atoms with Gasteiger partial charge in [-0.25, -0.2) is 0 Å². The van der Waals surface area contributed by atoms with Crippen molar-refractivity contribution in [2.75, 3.05) is 38.6 Å². The van der Waals surface area contributed by atoms with E-state index in [0.717, 1.165) is 0 Å². The van der Waals surface area contributed by atoms with Crippen LogP contribution in [0.5, 0.6) is 0 Å². The van der Waals surface area contributed by atoms with Gasteiger partial charge in [0.1, 0.15) is 0 Å². The Morgan fingerprint density at radius 2 is 0.786 bits per heavy atom. The van der Waals surface area contributed by atoms with Gasteiger partial charge >= 0.3 is 13.7 Å². The molecule has 4 nitrogen and oxygen atoms in total. The fraction of sp³-hybridized carbons (Fsp3) is 0.455. The topological polar surface area (TPSA) is 30.5 Å². The van der Waals surface area contributed by atoms with Crippen molar-refractivity contribution in [1.29, 1.82) is 0 Å². The van der Waals surface area contributed by atoms with E-state index in [2.05, 4.69) is 114 Å². The minimum Gasteiger partial charge on any atom is -0.417 e. The van der Waals surface area contributed by atoms with Gasteiger partial charge in [0.2, 0.25) is 0 Å². The Hall–Kier alpha value is -1.91. The molecule has 6 heteroatoms. The zero-order valence-corrected chi connectivity index (χ0v) is 19.4. The number of aryl methyl sites for hydroxylation is 6. The maximum atomic E-state index is 3.82. The van der Waals surface area contributed by atoms with Gasteiger partial charge in [-0.15, -0.1) is 0 Å². The first-order valence-electron chi connectivity index (χ1n) is 10.0. The van der Waals surface area contributed by atoms with E-state index in [1.165, 1.54) is 44.8 Å². The summed E-state index contributed by atoms with van der Waals surface area (Å²) in [4.78, 5) is 4.49. The lowest BCUT2D eigenvalue weighted by molar-refractivity contribution is 0.625. The second-order valence-corrected chi connectivity index (χ2v) is 8.65. The highest BCUT2D eigenvalue weighted by Crippen LogP contribution is 2.25. The summed E-state index contributed by atoms with van der Waals surface area (Å²) in [5, 5.41) is 7.63. The Morgan fingerprint density at radius 1 is 0.536 bits per heavy atom. The highest BCUT2D eigenvalue weighted by atomic mass is 15.2. The Balaban J connectivity index is 2.41. The number of nitrogens with zero attached hydrogens (tertiary/aromatic N) is 2. The predicted octanol–water partition coefficient (Wildman–Crippen LogP) is 4.24. The van der Waals surface area contributed by atoms with E-state index in [9.17, 15) is 0 Å². The van der Waals surface area contributed by atoms with E-state index in [-0.39, 0.29) is 13.7 Å². The van der Waals surface area contributed by atoms with Crippen LogP contribution in [0.2, 0.25) is 0 Å². The van der Waals surface area contributed by atoms with Crippen LogP contribution in [0, 0.1) is 41.5 Å². The number of anilines is 2. The van der Waals surface area contributed by atoms with Gasteiger partial charge in [-0.1, -0.05) is 35.4 Å². The van der Waals surface area contributed by atoms with Crippen molar-refractivity contribution in [3.63, 3.8) is 0 Å². The number of hydrogen-bond acceptors (Lipinski definition) is 4. The minimum atomic E-state index is 0.0928. The van der Waals surface area contributed by atoms with Crippen LogP contribution in [-0.4, -0.2) is 51.6 Å². The van der Waals surface area contributed by atoms with E-state index < -0.39 is 0 Å². The van der Waals surface area contributed by atoms with Crippen molar-refractivity contribution in [2.24, 2.45) is 0 Å². The molecule has 0 aliphatic rings. The molecule has 0 saturated heterocycles. The summed E-state index contributed by atoms with van der Waals surface area (Å²) in [6.07, 6.45) is 0. The lowest BCUT2D eigenvalue weighted by Gasteiger charge is -2.34. The molecule has 0 spiro atoms.